The Morgan fingerprint density at radius 2 is 1.53 bits per heavy atom. The zero-order valence-corrected chi connectivity index (χ0v) is 10.4. The SMILES string of the molecule is [CH2]Cc1c(C)cc(Oc2ccccc2)cc1C. The first kappa shape index (κ1) is 11.7. The molecule has 0 saturated heterocycles. The van der Waals surface area contributed by atoms with E-state index in [0.29, 0.717) is 0 Å². The lowest BCUT2D eigenvalue weighted by atomic mass is 10.0. The van der Waals surface area contributed by atoms with Crippen LogP contribution in [0.15, 0.2) is 42.5 Å². The van der Waals surface area contributed by atoms with Crippen molar-refractivity contribution in [2.45, 2.75) is 20.3 Å². The van der Waals surface area contributed by atoms with Crippen LogP contribution in [0.5, 0.6) is 11.5 Å². The summed E-state index contributed by atoms with van der Waals surface area (Å²) < 4.78 is 5.82. The number of hydrogen-bond acceptors (Lipinski definition) is 1. The second-order valence-corrected chi connectivity index (χ2v) is 4.20. The predicted molar refractivity (Wildman–Crippen MR) is 71.5 cm³/mol. The van der Waals surface area contributed by atoms with Crippen molar-refractivity contribution in [3.8, 4) is 11.5 Å². The van der Waals surface area contributed by atoms with E-state index in [2.05, 4.69) is 32.9 Å². The maximum absolute atomic E-state index is 5.82. The van der Waals surface area contributed by atoms with Crippen molar-refractivity contribution in [2.24, 2.45) is 0 Å². The third-order valence-electron chi connectivity index (χ3n) is 2.90. The fraction of sp³-hybridized carbons (Fsp3) is 0.188. The lowest BCUT2D eigenvalue weighted by molar-refractivity contribution is 0.481. The molecule has 0 unspecified atom stereocenters. The molecule has 0 atom stereocenters. The molecule has 0 heterocycles. The molecule has 0 amide bonds. The highest BCUT2D eigenvalue weighted by molar-refractivity contribution is 5.43. The van der Waals surface area contributed by atoms with Crippen LogP contribution in [0, 0.1) is 20.8 Å². The summed E-state index contributed by atoms with van der Waals surface area (Å²) in [4.78, 5) is 0. The van der Waals surface area contributed by atoms with Gasteiger partial charge < -0.3 is 4.74 Å². The molecule has 0 saturated carbocycles. The van der Waals surface area contributed by atoms with Gasteiger partial charge in [-0.3, -0.25) is 0 Å². The van der Waals surface area contributed by atoms with Crippen LogP contribution in [0.1, 0.15) is 16.7 Å². The van der Waals surface area contributed by atoms with E-state index in [-0.39, 0.29) is 0 Å². The zero-order chi connectivity index (χ0) is 12.3. The van der Waals surface area contributed by atoms with Crippen molar-refractivity contribution in [1.82, 2.24) is 0 Å². The van der Waals surface area contributed by atoms with Crippen molar-refractivity contribution in [3.63, 3.8) is 0 Å². The van der Waals surface area contributed by atoms with E-state index in [1.54, 1.807) is 0 Å². The van der Waals surface area contributed by atoms with Gasteiger partial charge in [-0.25, -0.2) is 0 Å². The van der Waals surface area contributed by atoms with Crippen molar-refractivity contribution >= 4 is 0 Å². The van der Waals surface area contributed by atoms with E-state index in [4.69, 9.17) is 4.74 Å². The van der Waals surface area contributed by atoms with Crippen molar-refractivity contribution in [3.05, 3.63) is 66.1 Å². The maximum Gasteiger partial charge on any atom is 0.127 e. The molecule has 2 aromatic rings. The number of aryl methyl sites for hydroxylation is 2. The molecule has 0 aromatic heterocycles. The number of ether oxygens (including phenoxy) is 1. The summed E-state index contributed by atoms with van der Waals surface area (Å²) in [5, 5.41) is 0. The molecule has 0 aliphatic rings. The van der Waals surface area contributed by atoms with Crippen LogP contribution in [-0.2, 0) is 6.42 Å². The Kier molecular flexibility index (Phi) is 3.48. The van der Waals surface area contributed by atoms with Crippen LogP contribution < -0.4 is 4.74 Å². The molecule has 0 spiro atoms. The molecule has 0 aliphatic heterocycles. The minimum atomic E-state index is 0.823. The first-order valence-electron chi connectivity index (χ1n) is 5.83. The second-order valence-electron chi connectivity index (χ2n) is 4.20. The van der Waals surface area contributed by atoms with Crippen molar-refractivity contribution in [1.29, 1.82) is 0 Å². The molecule has 0 bridgehead atoms. The van der Waals surface area contributed by atoms with Gasteiger partial charge in [0.05, 0.1) is 0 Å². The molecule has 0 N–H and O–H groups in total. The highest BCUT2D eigenvalue weighted by atomic mass is 16.5. The largest absolute Gasteiger partial charge is 0.457 e. The van der Waals surface area contributed by atoms with Gasteiger partial charge in [0.2, 0.25) is 0 Å². The lowest BCUT2D eigenvalue weighted by Gasteiger charge is -2.12. The summed E-state index contributed by atoms with van der Waals surface area (Å²) in [6.45, 7) is 8.16. The Morgan fingerprint density at radius 1 is 0.941 bits per heavy atom. The highest BCUT2D eigenvalue weighted by Crippen LogP contribution is 2.26. The Balaban J connectivity index is 2.29. The number of para-hydroxylation sites is 1. The van der Waals surface area contributed by atoms with E-state index in [1.165, 1.54) is 16.7 Å². The van der Waals surface area contributed by atoms with Gasteiger partial charge in [-0.2, -0.15) is 0 Å². The van der Waals surface area contributed by atoms with E-state index < -0.39 is 0 Å². The number of benzene rings is 2. The minimum absolute atomic E-state index is 0.823. The van der Waals surface area contributed by atoms with Gasteiger partial charge in [0.25, 0.3) is 0 Å². The van der Waals surface area contributed by atoms with Crippen LogP contribution in [0.3, 0.4) is 0 Å². The van der Waals surface area contributed by atoms with E-state index >= 15 is 0 Å². The molecular weight excluding hydrogens is 208 g/mol. The molecule has 0 aliphatic carbocycles. The van der Waals surface area contributed by atoms with Gasteiger partial charge in [0, 0.05) is 0 Å². The smallest absolute Gasteiger partial charge is 0.127 e. The van der Waals surface area contributed by atoms with Gasteiger partial charge in [-0.15, -0.1) is 0 Å². The summed E-state index contributed by atoms with van der Waals surface area (Å²) in [7, 11) is 0. The normalized spacial score (nSPS) is 10.3. The average molecular weight is 225 g/mol. The minimum Gasteiger partial charge on any atom is -0.457 e. The Morgan fingerprint density at radius 3 is 2.06 bits per heavy atom. The van der Waals surface area contributed by atoms with E-state index in [1.807, 2.05) is 30.3 Å². The fourth-order valence-corrected chi connectivity index (χ4v) is 2.03. The topological polar surface area (TPSA) is 9.23 Å². The molecule has 87 valence electrons. The van der Waals surface area contributed by atoms with Crippen LogP contribution in [0.4, 0.5) is 0 Å². The molecule has 0 fully saturated rings. The molecule has 1 heteroatoms. The third-order valence-corrected chi connectivity index (χ3v) is 2.90. The van der Waals surface area contributed by atoms with Gasteiger partial charge in [0.1, 0.15) is 11.5 Å². The molecular formula is C16H17O. The first-order chi connectivity index (χ1) is 8.20. The summed E-state index contributed by atoms with van der Waals surface area (Å²) in [5.74, 6) is 1.76. The fourth-order valence-electron chi connectivity index (χ4n) is 2.03. The third kappa shape index (κ3) is 2.68. The standard InChI is InChI=1S/C16H17O/c1-4-16-12(2)10-15(11-13(16)3)17-14-8-6-5-7-9-14/h5-11H,1,4H2,2-3H3. The first-order valence-corrected chi connectivity index (χ1v) is 5.83. The zero-order valence-electron chi connectivity index (χ0n) is 10.4. The monoisotopic (exact) mass is 225 g/mol. The van der Waals surface area contributed by atoms with Crippen molar-refractivity contribution in [2.75, 3.05) is 0 Å². The lowest BCUT2D eigenvalue weighted by Crippen LogP contribution is -1.93. The number of rotatable bonds is 3. The molecule has 2 aromatic carbocycles. The quantitative estimate of drug-likeness (QED) is 0.748. The van der Waals surface area contributed by atoms with Crippen LogP contribution >= 0.6 is 0 Å². The second kappa shape index (κ2) is 5.05. The Labute approximate surface area is 103 Å². The van der Waals surface area contributed by atoms with Crippen LogP contribution in [0.25, 0.3) is 0 Å². The van der Waals surface area contributed by atoms with Gasteiger partial charge in [-0.05, 0) is 68.1 Å². The Hall–Kier alpha value is -1.76. The van der Waals surface area contributed by atoms with E-state index in [0.717, 1.165) is 17.9 Å². The highest BCUT2D eigenvalue weighted by Gasteiger charge is 2.04. The summed E-state index contributed by atoms with van der Waals surface area (Å²) in [6.07, 6.45) is 0.823. The summed E-state index contributed by atoms with van der Waals surface area (Å²) in [5.41, 5.74) is 3.79. The molecule has 1 radical (unpaired) electrons. The van der Waals surface area contributed by atoms with Crippen LogP contribution in [-0.4, -0.2) is 0 Å². The average Bonchev–Trinajstić information content (AvgIpc) is 2.30. The molecule has 17 heavy (non-hydrogen) atoms. The van der Waals surface area contributed by atoms with Crippen LogP contribution in [0.2, 0.25) is 0 Å². The van der Waals surface area contributed by atoms with Gasteiger partial charge in [0.15, 0.2) is 0 Å². The van der Waals surface area contributed by atoms with Crippen molar-refractivity contribution < 1.29 is 4.74 Å². The van der Waals surface area contributed by atoms with Gasteiger partial charge in [-0.1, -0.05) is 18.2 Å². The maximum atomic E-state index is 5.82. The molecule has 1 nitrogen and oxygen atoms in total. The summed E-state index contributed by atoms with van der Waals surface area (Å²) in [6, 6.07) is 14.0. The van der Waals surface area contributed by atoms with Gasteiger partial charge >= 0.3 is 0 Å². The Bertz CT molecular complexity index is 477. The predicted octanol–water partition coefficient (Wildman–Crippen LogP) is 4.47. The summed E-state index contributed by atoms with van der Waals surface area (Å²) >= 11 is 0. The molecule has 2 rings (SSSR count). The van der Waals surface area contributed by atoms with E-state index in [9.17, 15) is 0 Å². The number of hydrogen-bond donors (Lipinski definition) is 0.